The average Bonchev–Trinajstić information content (AvgIpc) is 2.41. The van der Waals surface area contributed by atoms with Crippen LogP contribution in [0.5, 0.6) is 5.75 Å². The highest BCUT2D eigenvalue weighted by molar-refractivity contribution is 5.42. The number of anilines is 1. The van der Waals surface area contributed by atoms with E-state index in [0.29, 0.717) is 6.61 Å². The molecule has 0 spiro atoms. The van der Waals surface area contributed by atoms with Gasteiger partial charge in [0.1, 0.15) is 17.9 Å². The third kappa shape index (κ3) is 3.44. The Labute approximate surface area is 114 Å². The van der Waals surface area contributed by atoms with Crippen molar-refractivity contribution in [3.05, 3.63) is 47.9 Å². The molecule has 0 unspecified atom stereocenters. The van der Waals surface area contributed by atoms with Crippen LogP contribution in [-0.2, 0) is 6.54 Å². The Morgan fingerprint density at radius 1 is 1.21 bits per heavy atom. The molecule has 1 heterocycles. The van der Waals surface area contributed by atoms with Crippen LogP contribution in [0.15, 0.2) is 36.7 Å². The van der Waals surface area contributed by atoms with Crippen molar-refractivity contribution < 1.29 is 4.74 Å². The van der Waals surface area contributed by atoms with Gasteiger partial charge in [0.05, 0.1) is 6.61 Å². The number of hydrogen-bond acceptors (Lipinski definition) is 4. The van der Waals surface area contributed by atoms with Crippen LogP contribution >= 0.6 is 0 Å². The van der Waals surface area contributed by atoms with E-state index in [1.165, 1.54) is 0 Å². The van der Waals surface area contributed by atoms with E-state index in [-0.39, 0.29) is 0 Å². The van der Waals surface area contributed by atoms with Gasteiger partial charge in [-0.05, 0) is 19.9 Å². The fourth-order valence-electron chi connectivity index (χ4n) is 1.92. The maximum Gasteiger partial charge on any atom is 0.132 e. The number of ether oxygens (including phenoxy) is 1. The zero-order valence-corrected chi connectivity index (χ0v) is 11.6. The summed E-state index contributed by atoms with van der Waals surface area (Å²) in [6, 6.07) is 10.1. The van der Waals surface area contributed by atoms with Gasteiger partial charge in [-0.3, -0.25) is 0 Å². The molecule has 0 fully saturated rings. The van der Waals surface area contributed by atoms with Gasteiger partial charge in [0.25, 0.3) is 0 Å². The number of hydrogen-bond donors (Lipinski definition) is 0. The smallest absolute Gasteiger partial charge is 0.132 e. The van der Waals surface area contributed by atoms with E-state index >= 15 is 0 Å². The summed E-state index contributed by atoms with van der Waals surface area (Å²) in [5, 5.41) is 0. The Bertz CT molecular complexity index is 542. The summed E-state index contributed by atoms with van der Waals surface area (Å²) in [4.78, 5) is 10.5. The molecule has 0 N–H and O–H groups in total. The number of rotatable bonds is 5. The molecule has 4 nitrogen and oxygen atoms in total. The van der Waals surface area contributed by atoms with E-state index < -0.39 is 0 Å². The minimum Gasteiger partial charge on any atom is -0.494 e. The van der Waals surface area contributed by atoms with Gasteiger partial charge in [-0.1, -0.05) is 18.2 Å². The van der Waals surface area contributed by atoms with Gasteiger partial charge >= 0.3 is 0 Å². The van der Waals surface area contributed by atoms with Crippen molar-refractivity contribution in [2.75, 3.05) is 18.6 Å². The molecule has 0 bridgehead atoms. The normalized spacial score (nSPS) is 10.3. The highest BCUT2D eigenvalue weighted by Gasteiger charge is 2.08. The van der Waals surface area contributed by atoms with Crippen molar-refractivity contribution >= 4 is 5.82 Å². The lowest BCUT2D eigenvalue weighted by Gasteiger charge is -2.20. The Balaban J connectivity index is 2.16. The van der Waals surface area contributed by atoms with Crippen molar-refractivity contribution in [3.8, 4) is 5.75 Å². The second-order valence-corrected chi connectivity index (χ2v) is 4.41. The van der Waals surface area contributed by atoms with E-state index in [0.717, 1.165) is 29.4 Å². The van der Waals surface area contributed by atoms with Gasteiger partial charge in [-0.15, -0.1) is 0 Å². The molecule has 0 aliphatic heterocycles. The second-order valence-electron chi connectivity index (χ2n) is 4.41. The van der Waals surface area contributed by atoms with Crippen molar-refractivity contribution in [2.45, 2.75) is 20.4 Å². The zero-order valence-electron chi connectivity index (χ0n) is 11.6. The molecule has 2 aromatic rings. The first-order valence-corrected chi connectivity index (χ1v) is 6.41. The zero-order chi connectivity index (χ0) is 13.7. The maximum absolute atomic E-state index is 5.64. The van der Waals surface area contributed by atoms with Crippen LogP contribution < -0.4 is 9.64 Å². The van der Waals surface area contributed by atoms with E-state index in [1.807, 2.05) is 45.2 Å². The summed E-state index contributed by atoms with van der Waals surface area (Å²) in [7, 11) is 2.02. The molecule has 0 atom stereocenters. The van der Waals surface area contributed by atoms with E-state index in [4.69, 9.17) is 4.74 Å². The number of nitrogens with zero attached hydrogens (tertiary/aromatic N) is 3. The van der Waals surface area contributed by atoms with Crippen molar-refractivity contribution in [1.29, 1.82) is 0 Å². The van der Waals surface area contributed by atoms with Crippen LogP contribution in [0.4, 0.5) is 5.82 Å². The number of para-hydroxylation sites is 1. The molecule has 4 heteroatoms. The summed E-state index contributed by atoms with van der Waals surface area (Å²) in [5.41, 5.74) is 2.12. The molecule has 2 rings (SSSR count). The van der Waals surface area contributed by atoms with Gasteiger partial charge in [-0.25, -0.2) is 9.97 Å². The number of aromatic nitrogens is 2. The monoisotopic (exact) mass is 257 g/mol. The molecule has 0 aliphatic carbocycles. The lowest BCUT2D eigenvalue weighted by atomic mass is 10.2. The molecule has 19 heavy (non-hydrogen) atoms. The minimum atomic E-state index is 0.674. The standard InChI is InChI=1S/C15H19N3O/c1-4-19-14-8-6-5-7-13(14)10-18(3)15-9-12(2)16-11-17-15/h5-9,11H,4,10H2,1-3H3. The van der Waals surface area contributed by atoms with Crippen LogP contribution in [-0.4, -0.2) is 23.6 Å². The highest BCUT2D eigenvalue weighted by atomic mass is 16.5. The summed E-state index contributed by atoms with van der Waals surface area (Å²) in [6.07, 6.45) is 1.59. The molecule has 0 aliphatic rings. The van der Waals surface area contributed by atoms with E-state index in [1.54, 1.807) is 6.33 Å². The molecule has 100 valence electrons. The molecule has 0 saturated carbocycles. The summed E-state index contributed by atoms with van der Waals surface area (Å²) < 4.78 is 5.64. The fraction of sp³-hybridized carbons (Fsp3) is 0.333. The van der Waals surface area contributed by atoms with Gasteiger partial charge in [0, 0.05) is 30.9 Å². The van der Waals surface area contributed by atoms with Gasteiger partial charge in [-0.2, -0.15) is 0 Å². The molecule has 0 amide bonds. The predicted octanol–water partition coefficient (Wildman–Crippen LogP) is 2.82. The lowest BCUT2D eigenvalue weighted by molar-refractivity contribution is 0.336. The number of aryl methyl sites for hydroxylation is 1. The highest BCUT2D eigenvalue weighted by Crippen LogP contribution is 2.21. The Kier molecular flexibility index (Phi) is 4.34. The van der Waals surface area contributed by atoms with Crippen LogP contribution in [0.3, 0.4) is 0 Å². The molecule has 1 aromatic carbocycles. The molecule has 0 saturated heterocycles. The van der Waals surface area contributed by atoms with Gasteiger partial charge in [0.2, 0.25) is 0 Å². The SMILES string of the molecule is CCOc1ccccc1CN(C)c1cc(C)ncn1. The Morgan fingerprint density at radius 2 is 2.00 bits per heavy atom. The van der Waals surface area contributed by atoms with Crippen molar-refractivity contribution in [2.24, 2.45) is 0 Å². The molecule has 1 aromatic heterocycles. The summed E-state index contributed by atoms with van der Waals surface area (Å²) in [6.45, 7) is 5.39. The van der Waals surface area contributed by atoms with Crippen LogP contribution in [0.25, 0.3) is 0 Å². The molecule has 0 radical (unpaired) electrons. The largest absolute Gasteiger partial charge is 0.494 e. The van der Waals surface area contributed by atoms with Crippen LogP contribution in [0.1, 0.15) is 18.2 Å². The predicted molar refractivity (Wildman–Crippen MR) is 76.5 cm³/mol. The minimum absolute atomic E-state index is 0.674. The topological polar surface area (TPSA) is 38.2 Å². The first-order chi connectivity index (χ1) is 9.20. The third-order valence-electron chi connectivity index (χ3n) is 2.86. The average molecular weight is 257 g/mol. The molecular weight excluding hydrogens is 238 g/mol. The van der Waals surface area contributed by atoms with Crippen LogP contribution in [0.2, 0.25) is 0 Å². The van der Waals surface area contributed by atoms with Gasteiger partial charge < -0.3 is 9.64 Å². The van der Waals surface area contributed by atoms with E-state index in [2.05, 4.69) is 20.9 Å². The number of benzene rings is 1. The first-order valence-electron chi connectivity index (χ1n) is 6.41. The van der Waals surface area contributed by atoms with Crippen LogP contribution in [0, 0.1) is 6.92 Å². The van der Waals surface area contributed by atoms with E-state index in [9.17, 15) is 0 Å². The maximum atomic E-state index is 5.64. The van der Waals surface area contributed by atoms with Crippen molar-refractivity contribution in [1.82, 2.24) is 9.97 Å². The Hall–Kier alpha value is -2.10. The Morgan fingerprint density at radius 3 is 2.74 bits per heavy atom. The fourth-order valence-corrected chi connectivity index (χ4v) is 1.92. The quantitative estimate of drug-likeness (QED) is 0.825. The second kappa shape index (κ2) is 6.18. The summed E-state index contributed by atoms with van der Waals surface area (Å²) >= 11 is 0. The first kappa shape index (κ1) is 13.3. The van der Waals surface area contributed by atoms with Crippen molar-refractivity contribution in [3.63, 3.8) is 0 Å². The lowest BCUT2D eigenvalue weighted by Crippen LogP contribution is -2.18. The third-order valence-corrected chi connectivity index (χ3v) is 2.86. The molecular formula is C15H19N3O. The summed E-state index contributed by atoms with van der Waals surface area (Å²) in [5.74, 6) is 1.85. The van der Waals surface area contributed by atoms with Gasteiger partial charge in [0.15, 0.2) is 0 Å².